The lowest BCUT2D eigenvalue weighted by Gasteiger charge is -2.29. The van der Waals surface area contributed by atoms with E-state index in [2.05, 4.69) is 0 Å². The molecule has 4 rings (SSSR count). The smallest absolute Gasteiger partial charge is 0.254 e. The van der Waals surface area contributed by atoms with Gasteiger partial charge in [-0.3, -0.25) is 4.79 Å². The summed E-state index contributed by atoms with van der Waals surface area (Å²) in [5.74, 6) is 0.750. The number of rotatable bonds is 5. The number of alkyl halides is 2. The molecule has 1 saturated carbocycles. The van der Waals surface area contributed by atoms with Gasteiger partial charge in [-0.25, -0.2) is 8.78 Å². The molecule has 1 aliphatic carbocycles. The molecular weight excluding hydrogens is 336 g/mol. The average Bonchev–Trinajstić information content (AvgIpc) is 3.46. The van der Waals surface area contributed by atoms with Gasteiger partial charge < -0.3 is 9.64 Å². The van der Waals surface area contributed by atoms with Crippen LogP contribution < -0.4 is 4.74 Å². The van der Waals surface area contributed by atoms with Crippen LogP contribution in [-0.4, -0.2) is 30.9 Å². The number of benzene rings is 2. The van der Waals surface area contributed by atoms with Crippen LogP contribution in [-0.2, 0) is 18.4 Å². The molecule has 26 heavy (non-hydrogen) atoms. The SMILES string of the molecule is COc1ccc(CN2CCc3cc(C4(C(F)F)CC4)ccc3C2=O)cc1. The maximum Gasteiger partial charge on any atom is 0.254 e. The fourth-order valence-electron chi connectivity index (χ4n) is 3.72. The van der Waals surface area contributed by atoms with Gasteiger partial charge in [0, 0.05) is 18.7 Å². The zero-order valence-corrected chi connectivity index (χ0v) is 14.7. The number of amides is 1. The van der Waals surface area contributed by atoms with Gasteiger partial charge in [-0.05, 0) is 54.2 Å². The van der Waals surface area contributed by atoms with Crippen molar-refractivity contribution in [3.63, 3.8) is 0 Å². The summed E-state index contributed by atoms with van der Waals surface area (Å²) >= 11 is 0. The number of hydrogen-bond acceptors (Lipinski definition) is 2. The molecule has 0 saturated heterocycles. The Bertz CT molecular complexity index is 828. The predicted octanol–water partition coefficient (Wildman–Crippen LogP) is 4.19. The Morgan fingerprint density at radius 1 is 1.15 bits per heavy atom. The quantitative estimate of drug-likeness (QED) is 0.803. The van der Waals surface area contributed by atoms with Gasteiger partial charge in [-0.2, -0.15) is 0 Å². The summed E-state index contributed by atoms with van der Waals surface area (Å²) in [6, 6.07) is 12.9. The first-order chi connectivity index (χ1) is 12.5. The molecule has 1 heterocycles. The third kappa shape index (κ3) is 2.85. The molecule has 2 aliphatic rings. The fraction of sp³-hybridized carbons (Fsp3) is 0.381. The minimum absolute atomic E-state index is 0.0319. The van der Waals surface area contributed by atoms with Crippen LogP contribution in [0, 0.1) is 0 Å². The lowest BCUT2D eigenvalue weighted by atomic mass is 9.89. The molecule has 0 radical (unpaired) electrons. The van der Waals surface area contributed by atoms with Crippen LogP contribution in [0.5, 0.6) is 5.75 Å². The Hall–Kier alpha value is -2.43. The second-order valence-corrected chi connectivity index (χ2v) is 7.15. The number of nitrogens with zero attached hydrogens (tertiary/aromatic N) is 1. The minimum Gasteiger partial charge on any atom is -0.497 e. The van der Waals surface area contributed by atoms with Crippen molar-refractivity contribution >= 4 is 5.91 Å². The Kier molecular flexibility index (Phi) is 4.17. The first-order valence-corrected chi connectivity index (χ1v) is 8.87. The second kappa shape index (κ2) is 6.38. The van der Waals surface area contributed by atoms with Crippen molar-refractivity contribution in [1.29, 1.82) is 0 Å². The summed E-state index contributed by atoms with van der Waals surface area (Å²) in [6.45, 7) is 1.13. The number of carbonyl (C=O) groups excluding carboxylic acids is 1. The topological polar surface area (TPSA) is 29.5 Å². The third-order valence-electron chi connectivity index (χ3n) is 5.59. The van der Waals surface area contributed by atoms with Crippen LogP contribution in [0.3, 0.4) is 0 Å². The maximum absolute atomic E-state index is 13.3. The average molecular weight is 357 g/mol. The summed E-state index contributed by atoms with van der Waals surface area (Å²) in [5, 5.41) is 0. The summed E-state index contributed by atoms with van der Waals surface area (Å²) in [4.78, 5) is 14.6. The molecule has 5 heteroatoms. The highest BCUT2D eigenvalue weighted by molar-refractivity contribution is 5.96. The number of halogens is 2. The molecular formula is C21H21F2NO2. The van der Waals surface area contributed by atoms with E-state index >= 15 is 0 Å². The van der Waals surface area contributed by atoms with E-state index in [0.29, 0.717) is 43.5 Å². The number of carbonyl (C=O) groups is 1. The summed E-state index contributed by atoms with van der Waals surface area (Å²) in [7, 11) is 1.62. The van der Waals surface area contributed by atoms with Crippen molar-refractivity contribution in [2.45, 2.75) is 37.6 Å². The van der Waals surface area contributed by atoms with Crippen molar-refractivity contribution in [1.82, 2.24) is 4.90 Å². The lowest BCUT2D eigenvalue weighted by Crippen LogP contribution is -2.37. The van der Waals surface area contributed by atoms with Gasteiger partial charge in [0.15, 0.2) is 0 Å². The van der Waals surface area contributed by atoms with Gasteiger partial charge in [-0.15, -0.1) is 0 Å². The summed E-state index contributed by atoms with van der Waals surface area (Å²) in [6.07, 6.45) is -0.585. The maximum atomic E-state index is 13.3. The van der Waals surface area contributed by atoms with Crippen molar-refractivity contribution in [3.05, 3.63) is 64.7 Å². The highest BCUT2D eigenvalue weighted by Gasteiger charge is 2.52. The zero-order valence-electron chi connectivity index (χ0n) is 14.7. The highest BCUT2D eigenvalue weighted by Crippen LogP contribution is 2.53. The summed E-state index contributed by atoms with van der Waals surface area (Å²) < 4.78 is 31.8. The van der Waals surface area contributed by atoms with Crippen molar-refractivity contribution in [3.8, 4) is 5.75 Å². The zero-order chi connectivity index (χ0) is 18.3. The molecule has 1 amide bonds. The Balaban J connectivity index is 1.53. The van der Waals surface area contributed by atoms with Crippen LogP contribution >= 0.6 is 0 Å². The molecule has 0 aromatic heterocycles. The highest BCUT2D eigenvalue weighted by atomic mass is 19.3. The molecule has 136 valence electrons. The largest absolute Gasteiger partial charge is 0.497 e. The molecule has 0 atom stereocenters. The molecule has 1 fully saturated rings. The van der Waals surface area contributed by atoms with Crippen molar-refractivity contribution < 1.29 is 18.3 Å². The van der Waals surface area contributed by atoms with Gasteiger partial charge in [-0.1, -0.05) is 24.3 Å². The molecule has 2 aromatic carbocycles. The first-order valence-electron chi connectivity index (χ1n) is 8.87. The lowest BCUT2D eigenvalue weighted by molar-refractivity contribution is 0.0727. The first kappa shape index (κ1) is 17.0. The van der Waals surface area contributed by atoms with Gasteiger partial charge in [0.2, 0.25) is 6.43 Å². The fourth-order valence-corrected chi connectivity index (χ4v) is 3.72. The number of methoxy groups -OCH3 is 1. The molecule has 2 aromatic rings. The second-order valence-electron chi connectivity index (χ2n) is 7.15. The van der Waals surface area contributed by atoms with Gasteiger partial charge >= 0.3 is 0 Å². The molecule has 0 unspecified atom stereocenters. The van der Waals surface area contributed by atoms with Gasteiger partial charge in [0.25, 0.3) is 5.91 Å². The third-order valence-corrected chi connectivity index (χ3v) is 5.59. The predicted molar refractivity (Wildman–Crippen MR) is 94.8 cm³/mol. The molecule has 1 aliphatic heterocycles. The Morgan fingerprint density at radius 3 is 2.50 bits per heavy atom. The van der Waals surface area contributed by atoms with Crippen molar-refractivity contribution in [2.24, 2.45) is 0 Å². The molecule has 0 spiro atoms. The van der Waals surface area contributed by atoms with E-state index in [0.717, 1.165) is 16.9 Å². The van der Waals surface area contributed by atoms with E-state index < -0.39 is 11.8 Å². The standard InChI is InChI=1S/C21H21F2NO2/c1-26-17-5-2-14(3-6-17)13-24-11-8-15-12-16(4-7-18(15)19(24)25)21(9-10-21)20(22)23/h2-7,12,20H,8-11,13H2,1H3. The van der Waals surface area contributed by atoms with Crippen LogP contribution in [0.25, 0.3) is 0 Å². The van der Waals surface area contributed by atoms with E-state index in [9.17, 15) is 13.6 Å². The summed E-state index contributed by atoms with van der Waals surface area (Å²) in [5.41, 5.74) is 2.28. The number of fused-ring (bicyclic) bond motifs is 1. The van der Waals surface area contributed by atoms with E-state index in [-0.39, 0.29) is 5.91 Å². The molecule has 0 N–H and O–H groups in total. The number of hydrogen-bond donors (Lipinski definition) is 0. The van der Waals surface area contributed by atoms with E-state index in [1.165, 1.54) is 0 Å². The van der Waals surface area contributed by atoms with Crippen LogP contribution in [0.4, 0.5) is 8.78 Å². The minimum atomic E-state index is -2.34. The monoisotopic (exact) mass is 357 g/mol. The van der Waals surface area contributed by atoms with Gasteiger partial charge in [0.05, 0.1) is 12.5 Å². The molecule has 0 bridgehead atoms. The van der Waals surface area contributed by atoms with E-state index in [1.807, 2.05) is 35.2 Å². The van der Waals surface area contributed by atoms with Crippen LogP contribution in [0.15, 0.2) is 42.5 Å². The van der Waals surface area contributed by atoms with Crippen LogP contribution in [0.1, 0.15) is 39.9 Å². The van der Waals surface area contributed by atoms with Gasteiger partial charge in [0.1, 0.15) is 5.75 Å². The van der Waals surface area contributed by atoms with Crippen molar-refractivity contribution in [2.75, 3.05) is 13.7 Å². The molecule has 3 nitrogen and oxygen atoms in total. The van der Waals surface area contributed by atoms with E-state index in [1.54, 1.807) is 19.2 Å². The Labute approximate surface area is 151 Å². The Morgan fingerprint density at radius 2 is 1.88 bits per heavy atom. The normalized spacial score (nSPS) is 18.0. The van der Waals surface area contributed by atoms with E-state index in [4.69, 9.17) is 4.74 Å². The number of ether oxygens (including phenoxy) is 1. The van der Waals surface area contributed by atoms with Crippen LogP contribution in [0.2, 0.25) is 0 Å².